The molecule has 0 bridgehead atoms. The van der Waals surface area contributed by atoms with Crippen LogP contribution in [0.4, 0.5) is 4.79 Å². The predicted molar refractivity (Wildman–Crippen MR) is 103 cm³/mol. The zero-order chi connectivity index (χ0) is 19.9. The maximum Gasteiger partial charge on any atom is 0.407 e. The minimum absolute atomic E-state index is 0.169. The molecule has 1 aromatic carbocycles. The molecule has 7 nitrogen and oxygen atoms in total. The molecule has 0 unspecified atom stereocenters. The van der Waals surface area contributed by atoms with Gasteiger partial charge in [-0.05, 0) is 36.6 Å². The van der Waals surface area contributed by atoms with Crippen molar-refractivity contribution >= 4 is 23.6 Å². The lowest BCUT2D eigenvalue weighted by atomic mass is 9.81. The van der Waals surface area contributed by atoms with Crippen LogP contribution in [0.1, 0.15) is 34.5 Å². The molecule has 1 saturated heterocycles. The standard InChI is InChI=1S/C20H20ClN3O4/c1-28-14-4-2-13(3-5-14)12-24-18(25)17-15(6-7-16(21)22-17)20(24)8-10-23(11-9-20)19(26)27/h2-7H,8-12H2,1H3,(H,26,27). The number of carboxylic acid groups (broad SMARTS) is 1. The van der Waals surface area contributed by atoms with E-state index in [1.165, 1.54) is 4.90 Å². The molecule has 1 N–H and O–H groups in total. The van der Waals surface area contributed by atoms with Crippen molar-refractivity contribution in [2.75, 3.05) is 20.2 Å². The fourth-order valence-corrected chi connectivity index (χ4v) is 4.33. The second kappa shape index (κ2) is 6.98. The van der Waals surface area contributed by atoms with E-state index in [4.69, 9.17) is 16.3 Å². The summed E-state index contributed by atoms with van der Waals surface area (Å²) in [7, 11) is 1.61. The van der Waals surface area contributed by atoms with Crippen LogP contribution in [0.3, 0.4) is 0 Å². The minimum Gasteiger partial charge on any atom is -0.497 e. The van der Waals surface area contributed by atoms with Gasteiger partial charge in [0.15, 0.2) is 0 Å². The lowest BCUT2D eigenvalue weighted by molar-refractivity contribution is 0.0248. The van der Waals surface area contributed by atoms with Crippen molar-refractivity contribution in [3.8, 4) is 5.75 Å². The lowest BCUT2D eigenvalue weighted by Gasteiger charge is -2.44. The number of carbonyl (C=O) groups excluding carboxylic acids is 1. The molecule has 146 valence electrons. The minimum atomic E-state index is -0.935. The third-order valence-electron chi connectivity index (χ3n) is 5.69. The predicted octanol–water partition coefficient (Wildman–Crippen LogP) is 3.37. The first-order valence-corrected chi connectivity index (χ1v) is 9.42. The molecule has 8 heteroatoms. The van der Waals surface area contributed by atoms with Gasteiger partial charge >= 0.3 is 6.09 Å². The summed E-state index contributed by atoms with van der Waals surface area (Å²) < 4.78 is 5.20. The van der Waals surface area contributed by atoms with Crippen LogP contribution in [-0.4, -0.2) is 52.1 Å². The third-order valence-corrected chi connectivity index (χ3v) is 5.90. The Morgan fingerprint density at radius 1 is 1.21 bits per heavy atom. The van der Waals surface area contributed by atoms with Crippen molar-refractivity contribution in [1.82, 2.24) is 14.8 Å². The highest BCUT2D eigenvalue weighted by Crippen LogP contribution is 2.46. The smallest absolute Gasteiger partial charge is 0.407 e. The zero-order valence-electron chi connectivity index (χ0n) is 15.4. The monoisotopic (exact) mass is 401 g/mol. The number of aromatic nitrogens is 1. The molecule has 3 heterocycles. The normalized spacial score (nSPS) is 17.7. The van der Waals surface area contributed by atoms with Crippen molar-refractivity contribution in [2.24, 2.45) is 0 Å². The van der Waals surface area contributed by atoms with Gasteiger partial charge in [0.25, 0.3) is 5.91 Å². The van der Waals surface area contributed by atoms with Gasteiger partial charge in [-0.15, -0.1) is 0 Å². The van der Waals surface area contributed by atoms with Crippen LogP contribution in [0, 0.1) is 0 Å². The van der Waals surface area contributed by atoms with Gasteiger partial charge < -0.3 is 19.6 Å². The maximum absolute atomic E-state index is 13.2. The van der Waals surface area contributed by atoms with Gasteiger partial charge in [0.1, 0.15) is 16.6 Å². The van der Waals surface area contributed by atoms with Crippen LogP contribution in [0.5, 0.6) is 5.75 Å². The second-order valence-corrected chi connectivity index (χ2v) is 7.46. The summed E-state index contributed by atoms with van der Waals surface area (Å²) in [4.78, 5) is 32.1. The van der Waals surface area contributed by atoms with E-state index in [0.29, 0.717) is 38.2 Å². The van der Waals surface area contributed by atoms with Crippen LogP contribution >= 0.6 is 11.6 Å². The first-order chi connectivity index (χ1) is 13.4. The Bertz CT molecular complexity index is 924. The van der Waals surface area contributed by atoms with Gasteiger partial charge in [0, 0.05) is 25.2 Å². The number of rotatable bonds is 3. The third kappa shape index (κ3) is 2.96. The average Bonchev–Trinajstić information content (AvgIpc) is 2.91. The first-order valence-electron chi connectivity index (χ1n) is 9.04. The van der Waals surface area contributed by atoms with Gasteiger partial charge in [-0.25, -0.2) is 9.78 Å². The Kier molecular flexibility index (Phi) is 4.63. The van der Waals surface area contributed by atoms with Crippen LogP contribution < -0.4 is 4.74 Å². The highest BCUT2D eigenvalue weighted by Gasteiger charge is 2.52. The summed E-state index contributed by atoms with van der Waals surface area (Å²) >= 11 is 6.04. The van der Waals surface area contributed by atoms with Crippen molar-refractivity contribution in [3.63, 3.8) is 0 Å². The molecule has 1 spiro atoms. The zero-order valence-corrected chi connectivity index (χ0v) is 16.1. The molecular weight excluding hydrogens is 382 g/mol. The Morgan fingerprint density at radius 3 is 2.50 bits per heavy atom. The highest BCUT2D eigenvalue weighted by molar-refractivity contribution is 6.29. The van der Waals surface area contributed by atoms with Crippen molar-refractivity contribution in [1.29, 1.82) is 0 Å². The van der Waals surface area contributed by atoms with E-state index >= 15 is 0 Å². The van der Waals surface area contributed by atoms with Gasteiger partial charge in [0.05, 0.1) is 12.6 Å². The molecule has 0 radical (unpaired) electrons. The van der Waals surface area contributed by atoms with Crippen molar-refractivity contribution in [2.45, 2.75) is 24.9 Å². The van der Waals surface area contributed by atoms with E-state index in [1.807, 2.05) is 35.2 Å². The van der Waals surface area contributed by atoms with Gasteiger partial charge in [-0.3, -0.25) is 4.79 Å². The number of hydrogen-bond donors (Lipinski definition) is 1. The Balaban J connectivity index is 1.71. The fourth-order valence-electron chi connectivity index (χ4n) is 4.19. The van der Waals surface area contributed by atoms with E-state index in [0.717, 1.165) is 16.9 Å². The summed E-state index contributed by atoms with van der Waals surface area (Å²) in [6.45, 7) is 1.14. The second-order valence-electron chi connectivity index (χ2n) is 7.07. The number of piperidine rings is 1. The molecule has 28 heavy (non-hydrogen) atoms. The summed E-state index contributed by atoms with van der Waals surface area (Å²) in [5, 5.41) is 9.58. The van der Waals surface area contributed by atoms with Crippen LogP contribution in [0.15, 0.2) is 36.4 Å². The largest absolute Gasteiger partial charge is 0.497 e. The molecule has 0 aliphatic carbocycles. The van der Waals surface area contributed by atoms with Gasteiger partial charge in [-0.2, -0.15) is 0 Å². The topological polar surface area (TPSA) is 83.0 Å². The van der Waals surface area contributed by atoms with Gasteiger partial charge in [-0.1, -0.05) is 29.8 Å². The van der Waals surface area contributed by atoms with Crippen LogP contribution in [-0.2, 0) is 12.1 Å². The number of ether oxygens (including phenoxy) is 1. The number of likely N-dealkylation sites (tertiary alicyclic amines) is 1. The molecule has 1 aromatic heterocycles. The fraction of sp³-hybridized carbons (Fsp3) is 0.350. The van der Waals surface area contributed by atoms with E-state index in [2.05, 4.69) is 4.98 Å². The number of methoxy groups -OCH3 is 1. The number of benzene rings is 1. The van der Waals surface area contributed by atoms with Crippen LogP contribution in [0.2, 0.25) is 5.15 Å². The quantitative estimate of drug-likeness (QED) is 0.797. The van der Waals surface area contributed by atoms with Crippen LogP contribution in [0.25, 0.3) is 0 Å². The maximum atomic E-state index is 13.2. The summed E-state index contributed by atoms with van der Waals surface area (Å²) in [6.07, 6.45) is 0.116. The molecule has 1 fully saturated rings. The first kappa shape index (κ1) is 18.6. The molecule has 2 aliphatic heterocycles. The number of hydrogen-bond acceptors (Lipinski definition) is 4. The molecule has 0 saturated carbocycles. The van der Waals surface area contributed by atoms with Gasteiger partial charge in [0.2, 0.25) is 0 Å². The van der Waals surface area contributed by atoms with E-state index < -0.39 is 11.6 Å². The Hall–Kier alpha value is -2.80. The van der Waals surface area contributed by atoms with E-state index in [1.54, 1.807) is 13.2 Å². The Labute approximate surface area is 167 Å². The number of amides is 2. The number of pyridine rings is 1. The molecule has 0 atom stereocenters. The Morgan fingerprint density at radius 2 is 1.89 bits per heavy atom. The number of carbonyl (C=O) groups is 2. The number of halogens is 1. The number of fused-ring (bicyclic) bond motifs is 2. The lowest BCUT2D eigenvalue weighted by Crippen LogP contribution is -2.52. The highest BCUT2D eigenvalue weighted by atomic mass is 35.5. The van der Waals surface area contributed by atoms with E-state index in [9.17, 15) is 14.7 Å². The SMILES string of the molecule is COc1ccc(CN2C(=O)c3nc(Cl)ccc3C23CCN(C(=O)O)CC3)cc1. The number of nitrogens with zero attached hydrogens (tertiary/aromatic N) is 3. The molecule has 4 rings (SSSR count). The van der Waals surface area contributed by atoms with Crippen molar-refractivity contribution in [3.05, 3.63) is 58.4 Å². The average molecular weight is 402 g/mol. The molecule has 2 aromatic rings. The molecular formula is C20H20ClN3O4. The molecule has 2 amide bonds. The molecule has 2 aliphatic rings. The van der Waals surface area contributed by atoms with Crippen molar-refractivity contribution < 1.29 is 19.4 Å². The summed E-state index contributed by atoms with van der Waals surface area (Å²) in [6, 6.07) is 11.1. The summed E-state index contributed by atoms with van der Waals surface area (Å²) in [5.41, 5.74) is 1.59. The van der Waals surface area contributed by atoms with E-state index in [-0.39, 0.29) is 11.1 Å². The summed E-state index contributed by atoms with van der Waals surface area (Å²) in [5.74, 6) is 0.579.